The SMILES string of the molecule is CN(CCO)[C@@H]1[C@@H]2C[C@H]3C[C@H]1CC3(CNc1nc(NCc3ccccc3OC(F)(F)F)ncc1C#N)C2. The molecule has 4 fully saturated rings. The van der Waals surface area contributed by atoms with Crippen LogP contribution < -0.4 is 15.4 Å². The molecule has 1 aromatic carbocycles. The molecular weight excluding hydrogens is 485 g/mol. The number of benzene rings is 1. The summed E-state index contributed by atoms with van der Waals surface area (Å²) in [5.41, 5.74) is 0.798. The van der Waals surface area contributed by atoms with Gasteiger partial charge in [0.05, 0.1) is 12.8 Å². The van der Waals surface area contributed by atoms with Gasteiger partial charge in [-0.25, -0.2) is 4.98 Å². The van der Waals surface area contributed by atoms with E-state index in [1.54, 1.807) is 6.07 Å². The van der Waals surface area contributed by atoms with Gasteiger partial charge in [0.2, 0.25) is 5.95 Å². The van der Waals surface area contributed by atoms with Crippen molar-refractivity contribution in [1.82, 2.24) is 14.9 Å². The third kappa shape index (κ3) is 5.18. The van der Waals surface area contributed by atoms with Crippen LogP contribution in [0, 0.1) is 34.5 Å². The molecule has 0 aliphatic heterocycles. The van der Waals surface area contributed by atoms with Gasteiger partial charge in [0.15, 0.2) is 0 Å². The molecule has 0 amide bonds. The number of ether oxygens (including phenoxy) is 1. The summed E-state index contributed by atoms with van der Waals surface area (Å²) < 4.78 is 42.3. The fourth-order valence-corrected chi connectivity index (χ4v) is 7.17. The van der Waals surface area contributed by atoms with Crippen molar-refractivity contribution in [2.45, 2.75) is 44.6 Å². The van der Waals surface area contributed by atoms with Gasteiger partial charge in [0, 0.05) is 31.2 Å². The zero-order valence-electron chi connectivity index (χ0n) is 20.6. The molecule has 11 heteroatoms. The van der Waals surface area contributed by atoms with Crippen LogP contribution in [0.5, 0.6) is 5.75 Å². The number of alkyl halides is 3. The highest BCUT2D eigenvalue weighted by Gasteiger charge is 2.61. The minimum atomic E-state index is -4.79. The van der Waals surface area contributed by atoms with Crippen molar-refractivity contribution in [1.29, 1.82) is 5.26 Å². The van der Waals surface area contributed by atoms with E-state index in [4.69, 9.17) is 0 Å². The Bertz CT molecular complexity index is 1150. The third-order valence-electron chi connectivity index (χ3n) is 8.46. The van der Waals surface area contributed by atoms with Crippen molar-refractivity contribution in [3.05, 3.63) is 41.6 Å². The van der Waals surface area contributed by atoms with Gasteiger partial charge in [0.25, 0.3) is 0 Å². The standard InChI is InChI=1S/C26H31F3N6O2/c1-35(6-7-36)22-17-8-20-9-18(22)11-25(20,10-17)15-33-23-19(12-30)14-32-24(34-23)31-13-16-4-2-3-5-21(16)37-26(27,28)29/h2-5,14,17-18,20,22,36H,6-11,13,15H2,1H3,(H2,31,32,33,34)/t17-,18+,20+,22-,25?. The van der Waals surface area contributed by atoms with Gasteiger partial charge in [0.1, 0.15) is 23.2 Å². The van der Waals surface area contributed by atoms with E-state index in [2.05, 4.69) is 43.4 Å². The van der Waals surface area contributed by atoms with E-state index in [1.165, 1.54) is 37.2 Å². The monoisotopic (exact) mass is 516 g/mol. The average molecular weight is 517 g/mol. The van der Waals surface area contributed by atoms with E-state index < -0.39 is 6.36 Å². The number of hydrogen-bond donors (Lipinski definition) is 3. The smallest absolute Gasteiger partial charge is 0.405 e. The Morgan fingerprint density at radius 1 is 1.22 bits per heavy atom. The highest BCUT2D eigenvalue weighted by Crippen LogP contribution is 2.66. The molecule has 8 nitrogen and oxygen atoms in total. The fourth-order valence-electron chi connectivity index (χ4n) is 7.17. The molecule has 4 aliphatic rings. The molecule has 0 saturated heterocycles. The summed E-state index contributed by atoms with van der Waals surface area (Å²) in [4.78, 5) is 11.0. The number of nitriles is 1. The molecule has 1 heterocycles. The Labute approximate surface area is 213 Å². The average Bonchev–Trinajstić information content (AvgIpc) is 3.28. The van der Waals surface area contributed by atoms with E-state index >= 15 is 0 Å². The largest absolute Gasteiger partial charge is 0.573 e. The van der Waals surface area contributed by atoms with Crippen LogP contribution in [-0.4, -0.2) is 59.1 Å². The minimum Gasteiger partial charge on any atom is -0.405 e. The Balaban J connectivity index is 1.25. The number of aliphatic hydroxyl groups excluding tert-OH is 1. The molecule has 37 heavy (non-hydrogen) atoms. The van der Waals surface area contributed by atoms with E-state index in [1.807, 2.05) is 0 Å². The first-order valence-electron chi connectivity index (χ1n) is 12.6. The van der Waals surface area contributed by atoms with Crippen LogP contribution in [0.2, 0.25) is 0 Å². The maximum absolute atomic E-state index is 12.7. The van der Waals surface area contributed by atoms with Gasteiger partial charge in [-0.3, -0.25) is 0 Å². The van der Waals surface area contributed by atoms with Crippen molar-refractivity contribution in [3.8, 4) is 11.8 Å². The number of likely N-dealkylation sites (N-methyl/N-ethyl adjacent to an activating group) is 1. The van der Waals surface area contributed by atoms with Crippen molar-refractivity contribution in [2.75, 3.05) is 37.4 Å². The molecule has 3 N–H and O–H groups in total. The molecule has 0 radical (unpaired) electrons. The second kappa shape index (κ2) is 9.99. The lowest BCUT2D eigenvalue weighted by atomic mass is 9.72. The molecule has 1 unspecified atom stereocenters. The summed E-state index contributed by atoms with van der Waals surface area (Å²) in [6.45, 7) is 1.61. The van der Waals surface area contributed by atoms with Crippen LogP contribution in [0.3, 0.4) is 0 Å². The van der Waals surface area contributed by atoms with E-state index in [-0.39, 0.29) is 30.3 Å². The number of nitrogens with zero attached hydrogens (tertiary/aromatic N) is 4. The molecule has 4 bridgehead atoms. The lowest BCUT2D eigenvalue weighted by molar-refractivity contribution is -0.274. The first-order chi connectivity index (χ1) is 17.7. The Morgan fingerprint density at radius 3 is 2.62 bits per heavy atom. The molecule has 4 saturated carbocycles. The number of rotatable bonds is 10. The fraction of sp³-hybridized carbons (Fsp3) is 0.577. The lowest BCUT2D eigenvalue weighted by Crippen LogP contribution is -2.47. The topological polar surface area (TPSA) is 106 Å². The van der Waals surface area contributed by atoms with Gasteiger partial charge < -0.3 is 25.4 Å². The summed E-state index contributed by atoms with van der Waals surface area (Å²) in [6.07, 6.45) is 1.26. The molecule has 2 aromatic rings. The van der Waals surface area contributed by atoms with Crippen LogP contribution in [0.15, 0.2) is 30.5 Å². The van der Waals surface area contributed by atoms with E-state index in [0.29, 0.717) is 53.8 Å². The highest BCUT2D eigenvalue weighted by molar-refractivity contribution is 5.54. The van der Waals surface area contributed by atoms with Crippen molar-refractivity contribution < 1.29 is 23.0 Å². The summed E-state index contributed by atoms with van der Waals surface area (Å²) in [6, 6.07) is 8.54. The number of aromatic nitrogens is 2. The van der Waals surface area contributed by atoms with E-state index in [0.717, 1.165) is 12.8 Å². The molecule has 4 aliphatic carbocycles. The van der Waals surface area contributed by atoms with Gasteiger partial charge in [-0.15, -0.1) is 13.2 Å². The number of aliphatic hydroxyl groups is 1. The maximum atomic E-state index is 12.7. The maximum Gasteiger partial charge on any atom is 0.573 e. The predicted octanol–water partition coefficient (Wildman–Crippen LogP) is 4.00. The van der Waals surface area contributed by atoms with Crippen LogP contribution in [0.25, 0.3) is 0 Å². The van der Waals surface area contributed by atoms with Gasteiger partial charge in [-0.2, -0.15) is 10.2 Å². The summed E-state index contributed by atoms with van der Waals surface area (Å²) in [5.74, 6) is 2.23. The number of nitrogens with one attached hydrogen (secondary N) is 2. The summed E-state index contributed by atoms with van der Waals surface area (Å²) in [5, 5.41) is 25.3. The molecule has 198 valence electrons. The summed E-state index contributed by atoms with van der Waals surface area (Å²) in [7, 11) is 2.11. The number of halogens is 3. The Morgan fingerprint density at radius 2 is 1.95 bits per heavy atom. The first-order valence-corrected chi connectivity index (χ1v) is 12.6. The third-order valence-corrected chi connectivity index (χ3v) is 8.46. The number of para-hydroxylation sites is 1. The number of anilines is 2. The zero-order chi connectivity index (χ0) is 26.2. The van der Waals surface area contributed by atoms with Crippen molar-refractivity contribution in [2.24, 2.45) is 23.2 Å². The zero-order valence-corrected chi connectivity index (χ0v) is 20.6. The summed E-state index contributed by atoms with van der Waals surface area (Å²) >= 11 is 0. The molecule has 6 rings (SSSR count). The van der Waals surface area contributed by atoms with Crippen LogP contribution in [-0.2, 0) is 6.54 Å². The van der Waals surface area contributed by atoms with Crippen LogP contribution in [0.1, 0.15) is 36.8 Å². The highest BCUT2D eigenvalue weighted by atomic mass is 19.4. The molecular formula is C26H31F3N6O2. The molecule has 1 aromatic heterocycles. The second-order valence-corrected chi connectivity index (χ2v) is 10.6. The molecule has 5 atom stereocenters. The minimum absolute atomic E-state index is 0.0235. The lowest BCUT2D eigenvalue weighted by Gasteiger charge is -2.43. The van der Waals surface area contributed by atoms with E-state index in [9.17, 15) is 23.5 Å². The Kier molecular flexibility index (Phi) is 6.89. The van der Waals surface area contributed by atoms with Crippen molar-refractivity contribution in [3.63, 3.8) is 0 Å². The second-order valence-electron chi connectivity index (χ2n) is 10.6. The van der Waals surface area contributed by atoms with Gasteiger partial charge in [-0.1, -0.05) is 18.2 Å². The first kappa shape index (κ1) is 25.5. The van der Waals surface area contributed by atoms with Crippen molar-refractivity contribution >= 4 is 11.8 Å². The van der Waals surface area contributed by atoms with Crippen LogP contribution >= 0.6 is 0 Å². The van der Waals surface area contributed by atoms with Crippen LogP contribution in [0.4, 0.5) is 24.9 Å². The predicted molar refractivity (Wildman–Crippen MR) is 131 cm³/mol. The Hall–Kier alpha value is -3.10. The molecule has 0 spiro atoms. The normalized spacial score (nSPS) is 27.9. The number of hydrogen-bond acceptors (Lipinski definition) is 8. The van der Waals surface area contributed by atoms with Gasteiger partial charge in [-0.05, 0) is 62.0 Å². The van der Waals surface area contributed by atoms with Gasteiger partial charge >= 0.3 is 6.36 Å². The quantitative estimate of drug-likeness (QED) is 0.435.